The zero-order valence-corrected chi connectivity index (χ0v) is 11.5. The summed E-state index contributed by atoms with van der Waals surface area (Å²) in [6, 6.07) is 4.86. The lowest BCUT2D eigenvalue weighted by Gasteiger charge is -2.20. The monoisotopic (exact) mass is 275 g/mol. The molecule has 1 aliphatic heterocycles. The van der Waals surface area contributed by atoms with E-state index in [2.05, 4.69) is 15.5 Å². The molecule has 4 nitrogen and oxygen atoms in total. The quantitative estimate of drug-likeness (QED) is 0.935. The van der Waals surface area contributed by atoms with Gasteiger partial charge in [-0.25, -0.2) is 4.39 Å². The molecule has 0 aliphatic carbocycles. The van der Waals surface area contributed by atoms with Crippen LogP contribution in [-0.4, -0.2) is 23.2 Å². The van der Waals surface area contributed by atoms with Gasteiger partial charge in [0.15, 0.2) is 0 Å². The molecular weight excluding hydrogens is 257 g/mol. The summed E-state index contributed by atoms with van der Waals surface area (Å²) in [7, 11) is 0. The first kappa shape index (κ1) is 13.2. The van der Waals surface area contributed by atoms with Crippen LogP contribution in [0.25, 0.3) is 11.4 Å². The fraction of sp³-hybridized carbons (Fsp3) is 0.467. The second kappa shape index (κ2) is 5.71. The van der Waals surface area contributed by atoms with Crippen LogP contribution in [0.5, 0.6) is 0 Å². The van der Waals surface area contributed by atoms with Gasteiger partial charge in [-0.1, -0.05) is 5.16 Å². The van der Waals surface area contributed by atoms with Gasteiger partial charge in [-0.3, -0.25) is 0 Å². The van der Waals surface area contributed by atoms with Crippen molar-refractivity contribution >= 4 is 0 Å². The van der Waals surface area contributed by atoms with Crippen LogP contribution in [-0.2, 0) is 6.42 Å². The minimum Gasteiger partial charge on any atom is -0.339 e. The Kier molecular flexibility index (Phi) is 3.78. The number of hydrogen-bond acceptors (Lipinski definition) is 4. The van der Waals surface area contributed by atoms with Crippen LogP contribution in [0, 0.1) is 18.7 Å². The van der Waals surface area contributed by atoms with Crippen LogP contribution in [0.4, 0.5) is 4.39 Å². The highest BCUT2D eigenvalue weighted by Crippen LogP contribution is 2.21. The minimum atomic E-state index is -0.216. The van der Waals surface area contributed by atoms with E-state index in [9.17, 15) is 4.39 Å². The first-order valence-corrected chi connectivity index (χ1v) is 7.02. The first-order chi connectivity index (χ1) is 9.72. The molecule has 0 radical (unpaired) electrons. The predicted octanol–water partition coefficient (Wildman–Crippen LogP) is 2.73. The van der Waals surface area contributed by atoms with E-state index in [1.54, 1.807) is 19.1 Å². The van der Waals surface area contributed by atoms with E-state index in [-0.39, 0.29) is 5.82 Å². The van der Waals surface area contributed by atoms with Gasteiger partial charge in [0.25, 0.3) is 0 Å². The molecule has 1 aliphatic rings. The highest BCUT2D eigenvalue weighted by atomic mass is 19.1. The molecule has 20 heavy (non-hydrogen) atoms. The topological polar surface area (TPSA) is 51.0 Å². The average molecular weight is 275 g/mol. The summed E-state index contributed by atoms with van der Waals surface area (Å²) in [6.45, 7) is 3.85. The molecule has 0 bridgehead atoms. The van der Waals surface area contributed by atoms with Crippen LogP contribution in [0.15, 0.2) is 22.7 Å². The number of nitrogens with zero attached hydrogens (tertiary/aromatic N) is 2. The molecule has 0 spiro atoms. The summed E-state index contributed by atoms with van der Waals surface area (Å²) in [5.74, 6) is 1.61. The van der Waals surface area contributed by atoms with Gasteiger partial charge in [0.2, 0.25) is 11.7 Å². The summed E-state index contributed by atoms with van der Waals surface area (Å²) in [5.41, 5.74) is 1.39. The maximum atomic E-state index is 13.3. The largest absolute Gasteiger partial charge is 0.339 e. The van der Waals surface area contributed by atoms with Crippen LogP contribution >= 0.6 is 0 Å². The average Bonchev–Trinajstić information content (AvgIpc) is 2.91. The van der Waals surface area contributed by atoms with Crippen molar-refractivity contribution in [1.29, 1.82) is 0 Å². The van der Waals surface area contributed by atoms with Crippen LogP contribution in [0.2, 0.25) is 0 Å². The van der Waals surface area contributed by atoms with Crippen molar-refractivity contribution in [2.24, 2.45) is 5.92 Å². The van der Waals surface area contributed by atoms with E-state index >= 15 is 0 Å². The van der Waals surface area contributed by atoms with Crippen molar-refractivity contribution in [3.05, 3.63) is 35.5 Å². The third kappa shape index (κ3) is 2.88. The molecule has 1 aromatic heterocycles. The Morgan fingerprint density at radius 2 is 2.15 bits per heavy atom. The van der Waals surface area contributed by atoms with Gasteiger partial charge in [-0.15, -0.1) is 0 Å². The fourth-order valence-corrected chi connectivity index (χ4v) is 2.57. The second-order valence-electron chi connectivity index (χ2n) is 5.37. The van der Waals surface area contributed by atoms with E-state index in [4.69, 9.17) is 4.52 Å². The number of aromatic nitrogens is 2. The van der Waals surface area contributed by atoms with Crippen molar-refractivity contribution in [3.8, 4) is 11.4 Å². The van der Waals surface area contributed by atoms with Crippen molar-refractivity contribution in [2.75, 3.05) is 13.1 Å². The number of nitrogens with one attached hydrogen (secondary N) is 1. The molecule has 5 heteroatoms. The van der Waals surface area contributed by atoms with Gasteiger partial charge < -0.3 is 9.84 Å². The SMILES string of the molecule is Cc1cc(-c2noc(CC3CCNCC3)n2)ccc1F. The lowest BCUT2D eigenvalue weighted by Crippen LogP contribution is -2.28. The summed E-state index contributed by atoms with van der Waals surface area (Å²) >= 11 is 0. The molecule has 0 saturated carbocycles. The van der Waals surface area contributed by atoms with Crippen molar-refractivity contribution in [2.45, 2.75) is 26.2 Å². The van der Waals surface area contributed by atoms with Gasteiger partial charge in [-0.05, 0) is 62.5 Å². The third-order valence-electron chi connectivity index (χ3n) is 3.81. The number of rotatable bonds is 3. The molecule has 3 rings (SSSR count). The third-order valence-corrected chi connectivity index (χ3v) is 3.81. The van der Waals surface area contributed by atoms with Gasteiger partial charge in [-0.2, -0.15) is 4.98 Å². The number of piperidine rings is 1. The molecule has 1 fully saturated rings. The lowest BCUT2D eigenvalue weighted by molar-refractivity contribution is 0.313. The maximum absolute atomic E-state index is 13.3. The molecule has 1 saturated heterocycles. The van der Waals surface area contributed by atoms with E-state index in [1.165, 1.54) is 6.07 Å². The Hall–Kier alpha value is -1.75. The minimum absolute atomic E-state index is 0.216. The normalized spacial score (nSPS) is 16.5. The standard InChI is InChI=1S/C15H18FN3O/c1-10-8-12(2-3-13(10)16)15-18-14(20-19-15)9-11-4-6-17-7-5-11/h2-3,8,11,17H,4-7,9H2,1H3. The molecule has 0 atom stereocenters. The van der Waals surface area contributed by atoms with E-state index in [0.717, 1.165) is 37.9 Å². The van der Waals surface area contributed by atoms with Gasteiger partial charge in [0.1, 0.15) is 5.82 Å². The number of hydrogen-bond donors (Lipinski definition) is 1. The molecular formula is C15H18FN3O. The summed E-state index contributed by atoms with van der Waals surface area (Å²) in [4.78, 5) is 4.42. The predicted molar refractivity (Wildman–Crippen MR) is 73.7 cm³/mol. The molecule has 0 amide bonds. The second-order valence-corrected chi connectivity index (χ2v) is 5.37. The zero-order chi connectivity index (χ0) is 13.9. The number of halogens is 1. The number of aryl methyl sites for hydroxylation is 1. The highest BCUT2D eigenvalue weighted by Gasteiger charge is 2.17. The lowest BCUT2D eigenvalue weighted by atomic mass is 9.95. The Bertz CT molecular complexity index is 591. The maximum Gasteiger partial charge on any atom is 0.227 e. The van der Waals surface area contributed by atoms with Gasteiger partial charge in [0.05, 0.1) is 0 Å². The van der Waals surface area contributed by atoms with E-state index in [1.807, 2.05) is 0 Å². The zero-order valence-electron chi connectivity index (χ0n) is 11.5. The molecule has 2 heterocycles. The van der Waals surface area contributed by atoms with E-state index < -0.39 is 0 Å². The van der Waals surface area contributed by atoms with Crippen LogP contribution in [0.1, 0.15) is 24.3 Å². The summed E-state index contributed by atoms with van der Waals surface area (Å²) < 4.78 is 18.6. The molecule has 1 N–H and O–H groups in total. The van der Waals surface area contributed by atoms with Crippen LogP contribution in [0.3, 0.4) is 0 Å². The smallest absolute Gasteiger partial charge is 0.227 e. The van der Waals surface area contributed by atoms with Gasteiger partial charge >= 0.3 is 0 Å². The molecule has 0 unspecified atom stereocenters. The molecule has 106 valence electrons. The Morgan fingerprint density at radius 3 is 2.90 bits per heavy atom. The Labute approximate surface area is 117 Å². The van der Waals surface area contributed by atoms with Crippen molar-refractivity contribution in [3.63, 3.8) is 0 Å². The van der Waals surface area contributed by atoms with Gasteiger partial charge in [0, 0.05) is 12.0 Å². The van der Waals surface area contributed by atoms with Crippen molar-refractivity contribution < 1.29 is 8.91 Å². The first-order valence-electron chi connectivity index (χ1n) is 7.02. The highest BCUT2D eigenvalue weighted by molar-refractivity contribution is 5.55. The fourth-order valence-electron chi connectivity index (χ4n) is 2.57. The number of benzene rings is 1. The van der Waals surface area contributed by atoms with Crippen molar-refractivity contribution in [1.82, 2.24) is 15.5 Å². The summed E-state index contributed by atoms with van der Waals surface area (Å²) in [6.07, 6.45) is 3.12. The Morgan fingerprint density at radius 1 is 1.35 bits per heavy atom. The van der Waals surface area contributed by atoms with Crippen LogP contribution < -0.4 is 5.32 Å². The Balaban J connectivity index is 1.73. The molecule has 1 aromatic carbocycles. The van der Waals surface area contributed by atoms with E-state index in [0.29, 0.717) is 23.2 Å². The molecule has 2 aromatic rings. The summed E-state index contributed by atoms with van der Waals surface area (Å²) in [5, 5.41) is 7.34.